The predicted molar refractivity (Wildman–Crippen MR) is 112 cm³/mol. The van der Waals surface area contributed by atoms with E-state index in [0.717, 1.165) is 51.1 Å². The molecular weight excluding hydrogens is 366 g/mol. The Morgan fingerprint density at radius 1 is 1.07 bits per heavy atom. The second-order valence-corrected chi connectivity index (χ2v) is 8.31. The molecule has 2 aliphatic heterocycles. The van der Waals surface area contributed by atoms with E-state index in [1.54, 1.807) is 7.05 Å². The Labute approximate surface area is 172 Å². The smallest absolute Gasteiger partial charge is 0.237 e. The molecule has 2 heterocycles. The van der Waals surface area contributed by atoms with Gasteiger partial charge in [-0.2, -0.15) is 0 Å². The molecule has 4 rings (SSSR count). The minimum Gasteiger partial charge on any atom is -0.489 e. The second kappa shape index (κ2) is 8.99. The van der Waals surface area contributed by atoms with Gasteiger partial charge in [0, 0.05) is 45.1 Å². The number of nitrogens with zero attached hydrogens (tertiary/aromatic N) is 2. The molecule has 2 fully saturated rings. The maximum absolute atomic E-state index is 12.7. The average molecular weight is 398 g/mol. The third-order valence-corrected chi connectivity index (χ3v) is 6.50. The number of likely N-dealkylation sites (tertiary alicyclic amines) is 2. The van der Waals surface area contributed by atoms with Crippen LogP contribution in [0, 0.1) is 5.92 Å². The molecule has 1 aliphatic carbocycles. The van der Waals surface area contributed by atoms with E-state index >= 15 is 0 Å². The van der Waals surface area contributed by atoms with Crippen molar-refractivity contribution in [2.75, 3.05) is 26.7 Å². The normalized spacial score (nSPS) is 26.0. The highest BCUT2D eigenvalue weighted by atomic mass is 16.5. The second-order valence-electron chi connectivity index (χ2n) is 8.31. The topological polar surface area (TPSA) is 61.9 Å². The van der Waals surface area contributed by atoms with E-state index in [2.05, 4.69) is 22.4 Å². The van der Waals surface area contributed by atoms with Crippen LogP contribution in [0.15, 0.2) is 42.5 Å². The van der Waals surface area contributed by atoms with Crippen molar-refractivity contribution in [1.82, 2.24) is 15.1 Å². The van der Waals surface area contributed by atoms with Crippen LogP contribution < -0.4 is 10.1 Å². The van der Waals surface area contributed by atoms with E-state index in [0.29, 0.717) is 18.4 Å². The van der Waals surface area contributed by atoms with Crippen molar-refractivity contribution in [1.29, 1.82) is 0 Å². The van der Waals surface area contributed by atoms with Crippen LogP contribution in [0.5, 0.6) is 5.75 Å². The zero-order valence-corrected chi connectivity index (χ0v) is 17.1. The van der Waals surface area contributed by atoms with Gasteiger partial charge < -0.3 is 15.0 Å². The first-order valence-electron chi connectivity index (χ1n) is 10.8. The molecule has 2 amide bonds. The molecule has 1 aromatic carbocycles. The van der Waals surface area contributed by atoms with Crippen LogP contribution in [0.4, 0.5) is 0 Å². The number of nitrogens with one attached hydrogen (secondary N) is 1. The minimum absolute atomic E-state index is 0.00363. The molecule has 2 saturated heterocycles. The molecule has 0 unspecified atom stereocenters. The molecule has 0 aromatic heterocycles. The number of carbonyl (C=O) groups is 2. The van der Waals surface area contributed by atoms with E-state index in [1.165, 1.54) is 0 Å². The van der Waals surface area contributed by atoms with E-state index in [1.807, 2.05) is 35.2 Å². The summed E-state index contributed by atoms with van der Waals surface area (Å²) in [5.74, 6) is 1.34. The summed E-state index contributed by atoms with van der Waals surface area (Å²) in [5, 5.41) is 2.82. The van der Waals surface area contributed by atoms with E-state index in [-0.39, 0.29) is 24.0 Å². The summed E-state index contributed by atoms with van der Waals surface area (Å²) >= 11 is 0. The van der Waals surface area contributed by atoms with Crippen LogP contribution >= 0.6 is 0 Å². The number of carbonyl (C=O) groups excluding carboxylic acids is 2. The maximum atomic E-state index is 12.7. The number of piperidine rings is 1. The number of likely N-dealkylation sites (N-methyl/N-ethyl adjacent to an activating group) is 1. The summed E-state index contributed by atoms with van der Waals surface area (Å²) in [6.07, 6.45) is 8.50. The number of hydrogen-bond donors (Lipinski definition) is 1. The molecule has 0 bridgehead atoms. The van der Waals surface area contributed by atoms with Crippen LogP contribution in [-0.4, -0.2) is 66.5 Å². The number of benzene rings is 1. The number of hydrogen-bond acceptors (Lipinski definition) is 4. The number of ether oxygens (including phenoxy) is 1. The fraction of sp³-hybridized carbons (Fsp3) is 0.565. The highest BCUT2D eigenvalue weighted by molar-refractivity contribution is 5.82. The molecular formula is C23H31N3O3. The number of para-hydroxylation sites is 1. The third kappa shape index (κ3) is 4.47. The summed E-state index contributed by atoms with van der Waals surface area (Å²) in [4.78, 5) is 29.6. The molecule has 1 N–H and O–H groups in total. The Morgan fingerprint density at radius 2 is 1.76 bits per heavy atom. The minimum atomic E-state index is -0.167. The molecule has 0 radical (unpaired) electrons. The lowest BCUT2D eigenvalue weighted by Gasteiger charge is -2.39. The van der Waals surface area contributed by atoms with E-state index < -0.39 is 0 Å². The van der Waals surface area contributed by atoms with Gasteiger partial charge in [0.2, 0.25) is 11.8 Å². The van der Waals surface area contributed by atoms with Crippen molar-refractivity contribution in [2.45, 2.75) is 50.3 Å². The quantitative estimate of drug-likeness (QED) is 0.774. The summed E-state index contributed by atoms with van der Waals surface area (Å²) < 4.78 is 6.15. The maximum Gasteiger partial charge on any atom is 0.237 e. The van der Waals surface area contributed by atoms with Crippen molar-refractivity contribution >= 4 is 11.8 Å². The summed E-state index contributed by atoms with van der Waals surface area (Å²) in [6, 6.07) is 9.96. The Balaban J connectivity index is 1.37. The zero-order chi connectivity index (χ0) is 20.2. The number of rotatable bonds is 5. The molecule has 156 valence electrons. The molecule has 6 nitrogen and oxygen atoms in total. The van der Waals surface area contributed by atoms with E-state index in [4.69, 9.17) is 4.74 Å². The fourth-order valence-corrected chi connectivity index (χ4v) is 4.92. The molecule has 1 aromatic rings. The van der Waals surface area contributed by atoms with E-state index in [9.17, 15) is 9.59 Å². The van der Waals surface area contributed by atoms with Gasteiger partial charge in [-0.15, -0.1) is 0 Å². The van der Waals surface area contributed by atoms with Gasteiger partial charge in [0.15, 0.2) is 0 Å². The Morgan fingerprint density at radius 3 is 2.41 bits per heavy atom. The predicted octanol–water partition coefficient (Wildman–Crippen LogP) is 2.21. The summed E-state index contributed by atoms with van der Waals surface area (Å²) in [6.45, 7) is 2.31. The average Bonchev–Trinajstić information content (AvgIpc) is 3.44. The molecule has 3 aliphatic rings. The van der Waals surface area contributed by atoms with Crippen molar-refractivity contribution in [3.8, 4) is 5.75 Å². The summed E-state index contributed by atoms with van der Waals surface area (Å²) in [5.41, 5.74) is 0. The van der Waals surface area contributed by atoms with Gasteiger partial charge in [0.05, 0.1) is 6.04 Å². The highest BCUT2D eigenvalue weighted by Crippen LogP contribution is 2.30. The van der Waals surface area contributed by atoms with Crippen LogP contribution in [0.1, 0.15) is 32.1 Å². The largest absolute Gasteiger partial charge is 0.489 e. The zero-order valence-electron chi connectivity index (χ0n) is 17.1. The van der Waals surface area contributed by atoms with Crippen molar-refractivity contribution in [2.24, 2.45) is 5.92 Å². The standard InChI is InChI=1S/C23H31N3O3/c1-24-22(27)21-15-20(29-19-9-3-2-4-10-19)16-26(21)18-11-13-25(14-12-18)23(28)17-7-5-6-8-17/h2-6,9-10,17-18,20-21H,7-8,11-16H2,1H3,(H,24,27)/t20-,21-/m0/s1. The van der Waals surface area contributed by atoms with Gasteiger partial charge in [0.1, 0.15) is 11.9 Å². The number of amides is 2. The van der Waals surface area contributed by atoms with Crippen molar-refractivity contribution < 1.29 is 14.3 Å². The SMILES string of the molecule is CNC(=O)[C@@H]1C[C@H](Oc2ccccc2)CN1C1CCN(C(=O)C2CC=CC2)CC1. The van der Waals surface area contributed by atoms with Crippen LogP contribution in [-0.2, 0) is 9.59 Å². The highest BCUT2D eigenvalue weighted by Gasteiger charge is 2.42. The Kier molecular flexibility index (Phi) is 6.19. The lowest BCUT2D eigenvalue weighted by Crippen LogP contribution is -2.52. The third-order valence-electron chi connectivity index (χ3n) is 6.50. The van der Waals surface area contributed by atoms with Gasteiger partial charge in [-0.25, -0.2) is 0 Å². The molecule has 0 saturated carbocycles. The van der Waals surface area contributed by atoms with Gasteiger partial charge in [0.25, 0.3) is 0 Å². The number of allylic oxidation sites excluding steroid dienone is 2. The first kappa shape index (κ1) is 20.0. The fourth-order valence-electron chi connectivity index (χ4n) is 4.92. The molecule has 6 heteroatoms. The Hall–Kier alpha value is -2.34. The van der Waals surface area contributed by atoms with Gasteiger partial charge in [-0.1, -0.05) is 30.4 Å². The van der Waals surface area contributed by atoms with Crippen LogP contribution in [0.3, 0.4) is 0 Å². The molecule has 29 heavy (non-hydrogen) atoms. The Bertz CT molecular complexity index is 735. The first-order valence-corrected chi connectivity index (χ1v) is 10.8. The lowest BCUT2D eigenvalue weighted by atomic mass is 9.99. The first-order chi connectivity index (χ1) is 14.2. The summed E-state index contributed by atoms with van der Waals surface area (Å²) in [7, 11) is 1.70. The monoisotopic (exact) mass is 397 g/mol. The lowest BCUT2D eigenvalue weighted by molar-refractivity contribution is -0.137. The molecule has 0 spiro atoms. The van der Waals surface area contributed by atoms with Gasteiger partial charge in [-0.05, 0) is 37.8 Å². The van der Waals surface area contributed by atoms with Gasteiger partial charge >= 0.3 is 0 Å². The van der Waals surface area contributed by atoms with Crippen LogP contribution in [0.2, 0.25) is 0 Å². The van der Waals surface area contributed by atoms with Crippen molar-refractivity contribution in [3.63, 3.8) is 0 Å². The van der Waals surface area contributed by atoms with Crippen LogP contribution in [0.25, 0.3) is 0 Å². The molecule has 2 atom stereocenters. The van der Waals surface area contributed by atoms with Crippen molar-refractivity contribution in [3.05, 3.63) is 42.5 Å². The van der Waals surface area contributed by atoms with Gasteiger partial charge in [-0.3, -0.25) is 14.5 Å².